The molecule has 32 heavy (non-hydrogen) atoms. The second kappa shape index (κ2) is 9.24. The van der Waals surface area contributed by atoms with Gasteiger partial charge in [-0.15, -0.1) is 0 Å². The molecule has 0 unspecified atom stereocenters. The maximum atomic E-state index is 12.8. The average Bonchev–Trinajstić information content (AvgIpc) is 3.35. The van der Waals surface area contributed by atoms with Gasteiger partial charge in [-0.2, -0.15) is 0 Å². The lowest BCUT2D eigenvalue weighted by Gasteiger charge is -2.13. The van der Waals surface area contributed by atoms with Gasteiger partial charge in [0.1, 0.15) is 11.5 Å². The summed E-state index contributed by atoms with van der Waals surface area (Å²) < 4.78 is 10.5. The summed E-state index contributed by atoms with van der Waals surface area (Å²) in [5, 5.41) is 0.466. The molecule has 9 heteroatoms. The van der Waals surface area contributed by atoms with Gasteiger partial charge in [-0.25, -0.2) is 4.79 Å². The molecule has 0 atom stereocenters. The fourth-order valence-electron chi connectivity index (χ4n) is 3.06. The molecule has 2 heterocycles. The van der Waals surface area contributed by atoms with Crippen LogP contribution in [0.25, 0.3) is 17.4 Å². The van der Waals surface area contributed by atoms with Crippen LogP contribution in [0.4, 0.5) is 4.79 Å². The van der Waals surface area contributed by atoms with Gasteiger partial charge in [-0.1, -0.05) is 41.4 Å². The van der Waals surface area contributed by atoms with Gasteiger partial charge < -0.3 is 9.15 Å². The number of amides is 2. The normalized spacial score (nSPS) is 15.0. The Kier molecular flexibility index (Phi) is 6.41. The van der Waals surface area contributed by atoms with Gasteiger partial charge in [-0.05, 0) is 53.7 Å². The highest BCUT2D eigenvalue weighted by molar-refractivity contribution is 8.18. The first-order valence-electron chi connectivity index (χ1n) is 9.33. The molecule has 6 nitrogen and oxygen atoms in total. The van der Waals surface area contributed by atoms with Crippen molar-refractivity contribution in [1.82, 2.24) is 4.90 Å². The number of furan rings is 1. The largest absolute Gasteiger partial charge is 0.465 e. The zero-order chi connectivity index (χ0) is 22.8. The number of carbonyl (C=O) groups is 3. The summed E-state index contributed by atoms with van der Waals surface area (Å²) in [5.74, 6) is 0.130. The Morgan fingerprint density at radius 2 is 1.84 bits per heavy atom. The first-order valence-corrected chi connectivity index (χ1v) is 10.9. The summed E-state index contributed by atoms with van der Waals surface area (Å²) in [6.45, 7) is 0.0496. The van der Waals surface area contributed by atoms with E-state index in [1.807, 2.05) is 0 Å². The number of halogens is 2. The van der Waals surface area contributed by atoms with Gasteiger partial charge >= 0.3 is 5.97 Å². The van der Waals surface area contributed by atoms with Crippen molar-refractivity contribution >= 4 is 58.2 Å². The van der Waals surface area contributed by atoms with Crippen LogP contribution in [0.5, 0.6) is 0 Å². The molecule has 0 spiro atoms. The number of methoxy groups -OCH3 is 1. The number of hydrogen-bond donors (Lipinski definition) is 0. The topological polar surface area (TPSA) is 76.8 Å². The molecular weight excluding hydrogens is 473 g/mol. The Bertz CT molecular complexity index is 1250. The quantitative estimate of drug-likeness (QED) is 0.311. The molecule has 0 aliphatic carbocycles. The second-order valence-corrected chi connectivity index (χ2v) is 8.61. The van der Waals surface area contributed by atoms with Crippen LogP contribution in [0.2, 0.25) is 10.0 Å². The number of carbonyl (C=O) groups excluding carboxylic acids is 3. The molecular formula is C23H15Cl2NO5S. The van der Waals surface area contributed by atoms with E-state index in [4.69, 9.17) is 27.6 Å². The van der Waals surface area contributed by atoms with Crippen molar-refractivity contribution in [3.8, 4) is 11.3 Å². The third kappa shape index (κ3) is 4.60. The molecule has 3 aromatic rings. The van der Waals surface area contributed by atoms with Crippen LogP contribution in [-0.4, -0.2) is 29.1 Å². The van der Waals surface area contributed by atoms with Crippen molar-refractivity contribution in [1.29, 1.82) is 0 Å². The lowest BCUT2D eigenvalue weighted by Crippen LogP contribution is -2.27. The van der Waals surface area contributed by atoms with E-state index in [0.717, 1.165) is 22.2 Å². The average molecular weight is 488 g/mol. The van der Waals surface area contributed by atoms with E-state index in [2.05, 4.69) is 4.74 Å². The van der Waals surface area contributed by atoms with Crippen molar-refractivity contribution in [2.75, 3.05) is 7.11 Å². The van der Waals surface area contributed by atoms with Crippen LogP contribution in [-0.2, 0) is 16.1 Å². The van der Waals surface area contributed by atoms with E-state index < -0.39 is 17.1 Å². The highest BCUT2D eigenvalue weighted by atomic mass is 35.5. The number of rotatable bonds is 5. The summed E-state index contributed by atoms with van der Waals surface area (Å²) in [5.41, 5.74) is 1.80. The van der Waals surface area contributed by atoms with Crippen molar-refractivity contribution in [3.05, 3.63) is 86.4 Å². The fraction of sp³-hybridized carbons (Fsp3) is 0.0870. The van der Waals surface area contributed by atoms with Gasteiger partial charge in [0.25, 0.3) is 11.1 Å². The molecule has 1 saturated heterocycles. The van der Waals surface area contributed by atoms with Crippen LogP contribution in [0.1, 0.15) is 21.7 Å². The molecule has 0 bridgehead atoms. The monoisotopic (exact) mass is 487 g/mol. The van der Waals surface area contributed by atoms with Crippen LogP contribution in [0.15, 0.2) is 63.9 Å². The van der Waals surface area contributed by atoms with E-state index in [9.17, 15) is 14.4 Å². The van der Waals surface area contributed by atoms with E-state index >= 15 is 0 Å². The summed E-state index contributed by atoms with van der Waals surface area (Å²) in [6.07, 6.45) is 1.53. The molecule has 1 fully saturated rings. The van der Waals surface area contributed by atoms with Gasteiger partial charge in [0.2, 0.25) is 0 Å². The van der Waals surface area contributed by atoms with Gasteiger partial charge in [0, 0.05) is 21.7 Å². The standard InChI is InChI=1S/C23H15Cl2NO5S/c1-30-22(28)14-4-2-13(3-5-14)19-9-8-17(31-19)11-20-21(27)26(23(29)32-20)12-15-6-7-16(24)10-18(15)25/h2-11H,12H2,1H3/b20-11-. The first-order chi connectivity index (χ1) is 15.4. The van der Waals surface area contributed by atoms with E-state index in [1.165, 1.54) is 13.2 Å². The van der Waals surface area contributed by atoms with E-state index in [-0.39, 0.29) is 11.4 Å². The Morgan fingerprint density at radius 1 is 1.09 bits per heavy atom. The Morgan fingerprint density at radius 3 is 2.53 bits per heavy atom. The minimum Gasteiger partial charge on any atom is -0.465 e. The lowest BCUT2D eigenvalue weighted by atomic mass is 10.1. The lowest BCUT2D eigenvalue weighted by molar-refractivity contribution is -0.123. The van der Waals surface area contributed by atoms with Crippen molar-refractivity contribution < 1.29 is 23.5 Å². The maximum Gasteiger partial charge on any atom is 0.337 e. The molecule has 4 rings (SSSR count). The van der Waals surface area contributed by atoms with Gasteiger partial charge in [0.15, 0.2) is 0 Å². The molecule has 0 N–H and O–H groups in total. The first kappa shape index (κ1) is 22.2. The van der Waals surface area contributed by atoms with Crippen LogP contribution >= 0.6 is 35.0 Å². The highest BCUT2D eigenvalue weighted by Crippen LogP contribution is 2.35. The zero-order valence-corrected chi connectivity index (χ0v) is 19.0. The maximum absolute atomic E-state index is 12.8. The van der Waals surface area contributed by atoms with Crippen LogP contribution < -0.4 is 0 Å². The number of thioether (sulfide) groups is 1. The number of benzene rings is 2. The van der Waals surface area contributed by atoms with Crippen molar-refractivity contribution in [2.45, 2.75) is 6.54 Å². The highest BCUT2D eigenvalue weighted by Gasteiger charge is 2.35. The number of ether oxygens (including phenoxy) is 1. The second-order valence-electron chi connectivity index (χ2n) is 6.77. The van der Waals surface area contributed by atoms with Gasteiger partial charge in [0.05, 0.1) is 24.1 Å². The summed E-state index contributed by atoms with van der Waals surface area (Å²) in [6, 6.07) is 15.1. The Hall–Kier alpha value is -3.00. The predicted molar refractivity (Wildman–Crippen MR) is 123 cm³/mol. The molecule has 1 aliphatic heterocycles. The molecule has 1 aromatic heterocycles. The van der Waals surface area contributed by atoms with Crippen molar-refractivity contribution in [3.63, 3.8) is 0 Å². The molecule has 0 radical (unpaired) electrons. The molecule has 162 valence electrons. The summed E-state index contributed by atoms with van der Waals surface area (Å²) in [4.78, 5) is 38.1. The van der Waals surface area contributed by atoms with E-state index in [1.54, 1.807) is 54.6 Å². The van der Waals surface area contributed by atoms with Crippen molar-refractivity contribution in [2.24, 2.45) is 0 Å². The molecule has 0 saturated carbocycles. The smallest absolute Gasteiger partial charge is 0.337 e. The minimum absolute atomic E-state index is 0.0496. The molecule has 2 amide bonds. The Labute approximate surface area is 197 Å². The Balaban J connectivity index is 1.51. The van der Waals surface area contributed by atoms with Crippen LogP contribution in [0, 0.1) is 0 Å². The molecule has 1 aliphatic rings. The third-order valence-corrected chi connectivity index (χ3v) is 6.20. The number of hydrogen-bond acceptors (Lipinski definition) is 6. The van der Waals surface area contributed by atoms with Gasteiger partial charge in [-0.3, -0.25) is 14.5 Å². The number of imide groups is 1. The molecule has 2 aromatic carbocycles. The fourth-order valence-corrected chi connectivity index (χ4v) is 4.35. The number of nitrogens with zero attached hydrogens (tertiary/aromatic N) is 1. The SMILES string of the molecule is COC(=O)c1ccc(-c2ccc(/C=C3\SC(=O)N(Cc4ccc(Cl)cc4Cl)C3=O)o2)cc1. The minimum atomic E-state index is -0.425. The predicted octanol–water partition coefficient (Wildman–Crippen LogP) is 6.28. The van der Waals surface area contributed by atoms with Crippen LogP contribution in [0.3, 0.4) is 0 Å². The summed E-state index contributed by atoms with van der Waals surface area (Å²) in [7, 11) is 1.32. The third-order valence-electron chi connectivity index (χ3n) is 4.71. The summed E-state index contributed by atoms with van der Waals surface area (Å²) >= 11 is 12.9. The zero-order valence-electron chi connectivity index (χ0n) is 16.6. The van der Waals surface area contributed by atoms with E-state index in [0.29, 0.717) is 32.7 Å². The number of esters is 1.